The van der Waals surface area contributed by atoms with E-state index >= 15 is 0 Å². The Bertz CT molecular complexity index is 176. The van der Waals surface area contributed by atoms with Crippen LogP contribution in [0.3, 0.4) is 0 Å². The van der Waals surface area contributed by atoms with Crippen LogP contribution in [0.25, 0.3) is 0 Å². The molecular weight excluding hydrogens is 160 g/mol. The van der Waals surface area contributed by atoms with Gasteiger partial charge in [-0.3, -0.25) is 4.79 Å². The van der Waals surface area contributed by atoms with E-state index in [1.165, 1.54) is 21.0 Å². The molecule has 0 bridgehead atoms. The molecule has 0 fully saturated rings. The first-order valence-electron chi connectivity index (χ1n) is 3.72. The topological polar surface area (TPSA) is 52.6 Å². The molecule has 4 heteroatoms. The number of ether oxygens (including phenoxy) is 2. The molecule has 0 amide bonds. The normalized spacial score (nSPS) is 15.0. The second-order valence-electron chi connectivity index (χ2n) is 2.57. The average Bonchev–Trinajstić information content (AvgIpc) is 2.02. The van der Waals surface area contributed by atoms with Crippen molar-refractivity contribution >= 4 is 11.8 Å². The fourth-order valence-corrected chi connectivity index (χ4v) is 0.449. The lowest BCUT2D eigenvalue weighted by Gasteiger charge is -2.13. The lowest BCUT2D eigenvalue weighted by molar-refractivity contribution is -0.162. The Morgan fingerprint density at radius 1 is 1.17 bits per heavy atom. The van der Waals surface area contributed by atoms with Crippen molar-refractivity contribution in [1.82, 2.24) is 0 Å². The van der Waals surface area contributed by atoms with E-state index in [1.807, 2.05) is 0 Å². The standard InChI is InChI=1S/C8H14O4/c1-5(9)6(2)12-8(10)7(3)11-4/h6-7H,1-4H3/t6-,7-/m0/s1. The minimum atomic E-state index is -0.685. The van der Waals surface area contributed by atoms with Gasteiger partial charge in [-0.2, -0.15) is 0 Å². The molecule has 0 aromatic carbocycles. The summed E-state index contributed by atoms with van der Waals surface area (Å²) in [6, 6.07) is 0. The van der Waals surface area contributed by atoms with Gasteiger partial charge in [0.1, 0.15) is 0 Å². The summed E-state index contributed by atoms with van der Waals surface area (Å²) in [7, 11) is 1.41. The molecule has 2 atom stereocenters. The third-order valence-corrected chi connectivity index (χ3v) is 1.55. The Morgan fingerprint density at radius 2 is 1.67 bits per heavy atom. The fourth-order valence-electron chi connectivity index (χ4n) is 0.449. The molecule has 0 heterocycles. The number of hydrogen-bond acceptors (Lipinski definition) is 4. The molecule has 0 aromatic rings. The predicted octanol–water partition coefficient (Wildman–Crippen LogP) is 0.542. The summed E-state index contributed by atoms with van der Waals surface area (Å²) in [5.74, 6) is -0.688. The van der Waals surface area contributed by atoms with Gasteiger partial charge in [0, 0.05) is 7.11 Å². The van der Waals surface area contributed by atoms with Gasteiger partial charge >= 0.3 is 5.97 Å². The van der Waals surface area contributed by atoms with Gasteiger partial charge in [-0.25, -0.2) is 4.79 Å². The van der Waals surface area contributed by atoms with Crippen LogP contribution in [-0.4, -0.2) is 31.1 Å². The number of methoxy groups -OCH3 is 1. The van der Waals surface area contributed by atoms with E-state index in [0.717, 1.165) is 0 Å². The number of Topliss-reactive ketones (excluding diaryl/α,β-unsaturated/α-hetero) is 1. The van der Waals surface area contributed by atoms with Crippen LogP contribution >= 0.6 is 0 Å². The van der Waals surface area contributed by atoms with Crippen LogP contribution in [0.1, 0.15) is 20.8 Å². The predicted molar refractivity (Wildman–Crippen MR) is 42.7 cm³/mol. The molecule has 0 N–H and O–H groups in total. The zero-order valence-electron chi connectivity index (χ0n) is 7.79. The molecule has 4 nitrogen and oxygen atoms in total. The van der Waals surface area contributed by atoms with Gasteiger partial charge in [-0.05, 0) is 20.8 Å². The lowest BCUT2D eigenvalue weighted by Crippen LogP contribution is -2.29. The highest BCUT2D eigenvalue weighted by molar-refractivity contribution is 5.84. The van der Waals surface area contributed by atoms with E-state index in [2.05, 4.69) is 0 Å². The van der Waals surface area contributed by atoms with Crippen molar-refractivity contribution < 1.29 is 19.1 Å². The van der Waals surface area contributed by atoms with Crippen molar-refractivity contribution in [1.29, 1.82) is 0 Å². The molecule has 0 saturated heterocycles. The Labute approximate surface area is 71.8 Å². The van der Waals surface area contributed by atoms with Crippen molar-refractivity contribution in [3.05, 3.63) is 0 Å². The van der Waals surface area contributed by atoms with Gasteiger partial charge in [0.2, 0.25) is 0 Å². The molecule has 0 aliphatic carbocycles. The van der Waals surface area contributed by atoms with Gasteiger partial charge < -0.3 is 9.47 Å². The molecule has 0 aromatic heterocycles. The zero-order chi connectivity index (χ0) is 9.72. The summed E-state index contributed by atoms with van der Waals surface area (Å²) in [5.41, 5.74) is 0. The Kier molecular flexibility index (Phi) is 4.51. The van der Waals surface area contributed by atoms with E-state index in [0.29, 0.717) is 0 Å². The van der Waals surface area contributed by atoms with Crippen LogP contribution in [0, 0.1) is 0 Å². The number of esters is 1. The first kappa shape index (κ1) is 11.1. The van der Waals surface area contributed by atoms with Crippen LogP contribution in [0.4, 0.5) is 0 Å². The highest BCUT2D eigenvalue weighted by atomic mass is 16.6. The monoisotopic (exact) mass is 174 g/mol. The molecule has 12 heavy (non-hydrogen) atoms. The third kappa shape index (κ3) is 3.48. The maximum atomic E-state index is 11.0. The smallest absolute Gasteiger partial charge is 0.335 e. The van der Waals surface area contributed by atoms with Gasteiger partial charge in [-0.15, -0.1) is 0 Å². The van der Waals surface area contributed by atoms with Crippen LogP contribution in [0.2, 0.25) is 0 Å². The summed E-state index contributed by atoms with van der Waals surface area (Å²) >= 11 is 0. The van der Waals surface area contributed by atoms with Crippen LogP contribution in [0.15, 0.2) is 0 Å². The highest BCUT2D eigenvalue weighted by Crippen LogP contribution is 1.98. The summed E-state index contributed by atoms with van der Waals surface area (Å²) in [4.78, 5) is 21.7. The first-order chi connectivity index (χ1) is 5.49. The van der Waals surface area contributed by atoms with Gasteiger partial charge in [-0.1, -0.05) is 0 Å². The zero-order valence-corrected chi connectivity index (χ0v) is 7.79. The average molecular weight is 174 g/mol. The summed E-state index contributed by atoms with van der Waals surface area (Å²) in [5, 5.41) is 0. The number of carbonyl (C=O) groups excluding carboxylic acids is 2. The van der Waals surface area contributed by atoms with Crippen molar-refractivity contribution in [3.63, 3.8) is 0 Å². The second-order valence-corrected chi connectivity index (χ2v) is 2.57. The van der Waals surface area contributed by atoms with Crippen LogP contribution < -0.4 is 0 Å². The molecule has 0 spiro atoms. The fraction of sp³-hybridized carbons (Fsp3) is 0.750. The highest BCUT2D eigenvalue weighted by Gasteiger charge is 2.18. The SMILES string of the molecule is CO[C@@H](C)C(=O)O[C@@H](C)C(C)=O. The van der Waals surface area contributed by atoms with E-state index in [4.69, 9.17) is 9.47 Å². The number of hydrogen-bond donors (Lipinski definition) is 0. The van der Waals surface area contributed by atoms with Gasteiger partial charge in [0.25, 0.3) is 0 Å². The maximum Gasteiger partial charge on any atom is 0.335 e. The van der Waals surface area contributed by atoms with E-state index in [9.17, 15) is 9.59 Å². The van der Waals surface area contributed by atoms with E-state index in [-0.39, 0.29) is 5.78 Å². The number of carbonyl (C=O) groups is 2. The molecular formula is C8H14O4. The molecule has 0 aliphatic rings. The number of ketones is 1. The van der Waals surface area contributed by atoms with Gasteiger partial charge in [0.15, 0.2) is 18.0 Å². The lowest BCUT2D eigenvalue weighted by atomic mass is 10.3. The van der Waals surface area contributed by atoms with Gasteiger partial charge in [0.05, 0.1) is 0 Å². The Morgan fingerprint density at radius 3 is 2.00 bits per heavy atom. The molecule has 0 aliphatic heterocycles. The Hall–Kier alpha value is -0.900. The van der Waals surface area contributed by atoms with E-state index < -0.39 is 18.2 Å². The largest absolute Gasteiger partial charge is 0.453 e. The molecule has 0 rings (SSSR count). The quantitative estimate of drug-likeness (QED) is 0.584. The maximum absolute atomic E-state index is 11.0. The van der Waals surface area contributed by atoms with Crippen LogP contribution in [-0.2, 0) is 19.1 Å². The second kappa shape index (κ2) is 4.87. The number of rotatable bonds is 4. The summed E-state index contributed by atoms with van der Waals surface area (Å²) < 4.78 is 9.46. The minimum Gasteiger partial charge on any atom is -0.453 e. The molecule has 0 unspecified atom stereocenters. The summed E-state index contributed by atoms with van der Waals surface area (Å²) in [6.45, 7) is 4.47. The Balaban J connectivity index is 3.92. The minimum absolute atomic E-state index is 0.174. The molecule has 0 radical (unpaired) electrons. The summed E-state index contributed by atoms with van der Waals surface area (Å²) in [6.07, 6.45) is -1.30. The third-order valence-electron chi connectivity index (χ3n) is 1.55. The van der Waals surface area contributed by atoms with Crippen molar-refractivity contribution in [3.8, 4) is 0 Å². The van der Waals surface area contributed by atoms with Crippen molar-refractivity contribution in [2.75, 3.05) is 7.11 Å². The molecule has 0 saturated carbocycles. The molecule has 70 valence electrons. The first-order valence-corrected chi connectivity index (χ1v) is 3.72. The van der Waals surface area contributed by atoms with Crippen LogP contribution in [0.5, 0.6) is 0 Å². The van der Waals surface area contributed by atoms with E-state index in [1.54, 1.807) is 6.92 Å². The van der Waals surface area contributed by atoms with Crippen molar-refractivity contribution in [2.45, 2.75) is 33.0 Å². The van der Waals surface area contributed by atoms with Crippen molar-refractivity contribution in [2.24, 2.45) is 0 Å².